The first-order valence-electron chi connectivity index (χ1n) is 10.7. The van der Waals surface area contributed by atoms with Crippen LogP contribution in [0.4, 0.5) is 20.2 Å². The number of nitrogens with zero attached hydrogens (tertiary/aromatic N) is 2. The van der Waals surface area contributed by atoms with E-state index in [1.807, 2.05) is 18.2 Å². The molecule has 1 aliphatic heterocycles. The highest BCUT2D eigenvalue weighted by Crippen LogP contribution is 2.28. The van der Waals surface area contributed by atoms with E-state index in [2.05, 4.69) is 15.5 Å². The summed E-state index contributed by atoms with van der Waals surface area (Å²) in [6.07, 6.45) is 2.14. The summed E-state index contributed by atoms with van der Waals surface area (Å²) < 4.78 is 25.0. The Bertz CT molecular complexity index is 945. The molecule has 2 aromatic rings. The van der Waals surface area contributed by atoms with Crippen molar-refractivity contribution >= 4 is 35.0 Å². The van der Waals surface area contributed by atoms with Gasteiger partial charge in [0.15, 0.2) is 0 Å². The molecule has 2 fully saturated rings. The molecule has 1 aliphatic carbocycles. The van der Waals surface area contributed by atoms with Gasteiger partial charge in [-0.1, -0.05) is 23.9 Å². The number of nitrogens with one attached hydrogen (secondary N) is 2. The minimum Gasteiger partial charge on any atom is -0.355 e. The highest BCUT2D eigenvalue weighted by atomic mass is 32.2. The molecule has 6 nitrogen and oxygen atoms in total. The van der Waals surface area contributed by atoms with Gasteiger partial charge >= 0.3 is 0 Å². The van der Waals surface area contributed by atoms with Crippen LogP contribution in [-0.2, 0) is 4.79 Å². The van der Waals surface area contributed by atoms with Gasteiger partial charge in [-0.25, -0.2) is 0 Å². The van der Waals surface area contributed by atoms with Gasteiger partial charge in [0.1, 0.15) is 0 Å². The van der Waals surface area contributed by atoms with E-state index in [0.717, 1.165) is 18.5 Å². The summed E-state index contributed by atoms with van der Waals surface area (Å²) in [5.74, 6) is -2.47. The second-order valence-electron chi connectivity index (χ2n) is 7.98. The quantitative estimate of drug-likeness (QED) is 0.587. The number of carbonyl (C=O) groups excluding carboxylic acids is 2. The maximum atomic E-state index is 13.2. The van der Waals surface area contributed by atoms with Crippen LogP contribution in [-0.4, -0.2) is 66.1 Å². The molecule has 2 amide bonds. The monoisotopic (exact) mass is 460 g/mol. The minimum absolute atomic E-state index is 0.0554. The van der Waals surface area contributed by atoms with Crippen molar-refractivity contribution in [3.63, 3.8) is 0 Å². The molecule has 0 unspecified atom stereocenters. The van der Waals surface area contributed by atoms with Gasteiger partial charge in [0.2, 0.25) is 5.91 Å². The summed E-state index contributed by atoms with van der Waals surface area (Å²) in [4.78, 5) is 29.5. The van der Waals surface area contributed by atoms with E-state index >= 15 is 0 Å². The molecule has 2 aromatic carbocycles. The Morgan fingerprint density at radius 1 is 1.00 bits per heavy atom. The van der Waals surface area contributed by atoms with Crippen molar-refractivity contribution in [1.29, 1.82) is 0 Å². The molecule has 0 aromatic heterocycles. The van der Waals surface area contributed by atoms with Crippen molar-refractivity contribution in [1.82, 2.24) is 15.1 Å². The predicted molar refractivity (Wildman–Crippen MR) is 122 cm³/mol. The lowest BCUT2D eigenvalue weighted by atomic mass is 10.1. The number of alkyl halides is 2. The largest absolute Gasteiger partial charge is 0.355 e. The Labute approximate surface area is 190 Å². The van der Waals surface area contributed by atoms with E-state index in [9.17, 15) is 18.4 Å². The van der Waals surface area contributed by atoms with Crippen molar-refractivity contribution in [2.75, 3.05) is 38.0 Å². The molecule has 4 rings (SSSR count). The first kappa shape index (κ1) is 22.5. The van der Waals surface area contributed by atoms with Crippen LogP contribution in [0.5, 0.6) is 0 Å². The van der Waals surface area contributed by atoms with Gasteiger partial charge in [-0.2, -0.15) is 8.78 Å². The average molecular weight is 461 g/mol. The Hall–Kier alpha value is -2.65. The summed E-state index contributed by atoms with van der Waals surface area (Å²) in [5.41, 5.74) is 1.94. The molecule has 0 atom stereocenters. The lowest BCUT2D eigenvalue weighted by Gasteiger charge is -2.34. The number of carbonyl (C=O) groups is 2. The molecule has 2 N–H and O–H groups in total. The van der Waals surface area contributed by atoms with E-state index in [-0.39, 0.29) is 11.8 Å². The average Bonchev–Trinajstić information content (AvgIpc) is 3.59. The van der Waals surface area contributed by atoms with Crippen molar-refractivity contribution in [2.45, 2.75) is 29.5 Å². The molecular formula is C23H26F2N4O2S. The summed E-state index contributed by atoms with van der Waals surface area (Å²) in [7, 11) is 0. The molecule has 1 heterocycles. The van der Waals surface area contributed by atoms with Gasteiger partial charge < -0.3 is 15.5 Å². The van der Waals surface area contributed by atoms with Crippen LogP contribution < -0.4 is 10.6 Å². The van der Waals surface area contributed by atoms with Crippen molar-refractivity contribution < 1.29 is 18.4 Å². The minimum atomic E-state index is -2.46. The molecule has 0 radical (unpaired) electrons. The SMILES string of the molecule is O=C(CN1CCN(C(=O)c2ccccc2Nc2ccc(SC(F)F)cc2)CC1)NC1CC1. The summed E-state index contributed by atoms with van der Waals surface area (Å²) in [6, 6.07) is 14.3. The second-order valence-corrected chi connectivity index (χ2v) is 9.05. The Morgan fingerprint density at radius 2 is 1.69 bits per heavy atom. The van der Waals surface area contributed by atoms with E-state index in [0.29, 0.717) is 66.7 Å². The van der Waals surface area contributed by atoms with Crippen LogP contribution in [0.2, 0.25) is 0 Å². The zero-order valence-electron chi connectivity index (χ0n) is 17.6. The smallest absolute Gasteiger partial charge is 0.288 e. The van der Waals surface area contributed by atoms with Gasteiger partial charge in [0, 0.05) is 42.8 Å². The fourth-order valence-electron chi connectivity index (χ4n) is 3.64. The molecule has 32 heavy (non-hydrogen) atoms. The molecule has 1 saturated heterocycles. The lowest BCUT2D eigenvalue weighted by molar-refractivity contribution is -0.122. The van der Waals surface area contributed by atoms with Gasteiger partial charge in [0.25, 0.3) is 11.7 Å². The van der Waals surface area contributed by atoms with E-state index in [1.165, 1.54) is 0 Å². The number of thioether (sulfide) groups is 1. The predicted octanol–water partition coefficient (Wildman–Crippen LogP) is 3.78. The van der Waals surface area contributed by atoms with Gasteiger partial charge in [-0.3, -0.25) is 14.5 Å². The topological polar surface area (TPSA) is 64.7 Å². The zero-order chi connectivity index (χ0) is 22.5. The normalized spacial score (nSPS) is 16.8. The fourth-order valence-corrected chi connectivity index (χ4v) is 4.14. The van der Waals surface area contributed by atoms with Gasteiger partial charge in [0.05, 0.1) is 17.8 Å². The summed E-state index contributed by atoms with van der Waals surface area (Å²) in [5, 5.41) is 6.22. The third-order valence-electron chi connectivity index (χ3n) is 5.49. The number of benzene rings is 2. The highest BCUT2D eigenvalue weighted by molar-refractivity contribution is 7.99. The summed E-state index contributed by atoms with van der Waals surface area (Å²) >= 11 is 0.499. The standard InChI is InChI=1S/C23H26F2N4O2S/c24-23(25)32-18-9-7-16(8-10-18)26-20-4-2-1-3-19(20)22(31)29-13-11-28(12-14-29)15-21(30)27-17-5-6-17/h1-4,7-10,17,23,26H,5-6,11-15H2,(H,27,30). The van der Waals surface area contributed by atoms with Crippen LogP contribution in [0.3, 0.4) is 0 Å². The van der Waals surface area contributed by atoms with Crippen LogP contribution in [0.25, 0.3) is 0 Å². The number of halogens is 2. The number of hydrogen-bond acceptors (Lipinski definition) is 5. The third kappa shape index (κ3) is 6.20. The molecule has 0 bridgehead atoms. The Balaban J connectivity index is 1.34. The number of rotatable bonds is 8. The molecule has 0 spiro atoms. The van der Waals surface area contributed by atoms with E-state index in [4.69, 9.17) is 0 Å². The van der Waals surface area contributed by atoms with Crippen molar-refractivity contribution in [3.8, 4) is 0 Å². The first-order valence-corrected chi connectivity index (χ1v) is 11.6. The lowest BCUT2D eigenvalue weighted by Crippen LogP contribution is -2.51. The number of piperazine rings is 1. The van der Waals surface area contributed by atoms with Gasteiger partial charge in [-0.05, 0) is 49.2 Å². The number of para-hydroxylation sites is 1. The third-order valence-corrected chi connectivity index (χ3v) is 6.21. The van der Waals surface area contributed by atoms with Crippen LogP contribution in [0, 0.1) is 0 Å². The maximum Gasteiger partial charge on any atom is 0.288 e. The first-order chi connectivity index (χ1) is 15.5. The fraction of sp³-hybridized carbons (Fsp3) is 0.391. The maximum absolute atomic E-state index is 13.2. The van der Waals surface area contributed by atoms with Crippen molar-refractivity contribution in [3.05, 3.63) is 54.1 Å². The van der Waals surface area contributed by atoms with E-state index in [1.54, 1.807) is 35.2 Å². The van der Waals surface area contributed by atoms with Crippen molar-refractivity contribution in [2.24, 2.45) is 0 Å². The summed E-state index contributed by atoms with van der Waals surface area (Å²) in [6.45, 7) is 2.80. The molecule has 1 saturated carbocycles. The van der Waals surface area contributed by atoms with Crippen LogP contribution >= 0.6 is 11.8 Å². The number of anilines is 2. The number of amides is 2. The Kier molecular flexibility index (Phi) is 7.26. The molecular weight excluding hydrogens is 434 g/mol. The van der Waals surface area contributed by atoms with Crippen LogP contribution in [0.15, 0.2) is 53.4 Å². The zero-order valence-corrected chi connectivity index (χ0v) is 18.4. The van der Waals surface area contributed by atoms with E-state index < -0.39 is 5.76 Å². The Morgan fingerprint density at radius 3 is 2.34 bits per heavy atom. The highest BCUT2D eigenvalue weighted by Gasteiger charge is 2.27. The van der Waals surface area contributed by atoms with Gasteiger partial charge in [-0.15, -0.1) is 0 Å². The van der Waals surface area contributed by atoms with Crippen LogP contribution in [0.1, 0.15) is 23.2 Å². The molecule has 170 valence electrons. The number of hydrogen-bond donors (Lipinski definition) is 2. The molecule has 2 aliphatic rings. The second kappa shape index (κ2) is 10.3. The molecule has 9 heteroatoms.